The van der Waals surface area contributed by atoms with Crippen LogP contribution in [0.15, 0.2) is 128 Å². The van der Waals surface area contributed by atoms with E-state index in [1.54, 1.807) is 20.4 Å². The predicted molar refractivity (Wildman–Crippen MR) is 473 cm³/mol. The minimum atomic E-state index is -3.21. The number of alkyl halides is 4. The molecule has 2 aromatic carbocycles. The normalized spacial score (nSPS) is 30.1. The highest BCUT2D eigenvalue weighted by molar-refractivity contribution is 5.84. The second-order valence-corrected chi connectivity index (χ2v) is 35.2. The molecule has 18 rings (SSSR count). The average Bonchev–Trinajstić information content (AvgIpc) is 1.63. The predicted octanol–water partition coefficient (Wildman–Crippen LogP) is 5.37. The maximum absolute atomic E-state index is 12.9. The molecule has 39 heteroatoms. The zero-order valence-electron chi connectivity index (χ0n) is 75.4. The van der Waals surface area contributed by atoms with E-state index in [4.69, 9.17) is 38.3 Å². The van der Waals surface area contributed by atoms with Crippen LogP contribution in [0, 0.1) is 59.2 Å². The summed E-state index contributed by atoms with van der Waals surface area (Å²) in [7, 11) is 5.72. The number of halogens is 4. The highest BCUT2D eigenvalue weighted by atomic mass is 19.3. The summed E-state index contributed by atoms with van der Waals surface area (Å²) in [5.41, 5.74) is 12.5. The number of ketones is 1. The number of aliphatic hydroxyl groups is 10. The molecule has 0 bridgehead atoms. The zero-order valence-corrected chi connectivity index (χ0v) is 75.4. The number of amides is 1. The third kappa shape index (κ3) is 22.9. The number of H-pyrrole nitrogens is 4. The van der Waals surface area contributed by atoms with Crippen LogP contribution in [0.2, 0.25) is 0 Å². The number of alkyl carbamates (subject to hydrolysis) is 1. The molecule has 23 atom stereocenters. The van der Waals surface area contributed by atoms with Gasteiger partial charge in [0, 0.05) is 119 Å². The van der Waals surface area contributed by atoms with Gasteiger partial charge >= 0.3 is 17.9 Å². The first-order chi connectivity index (χ1) is 63.7. The Kier molecular flexibility index (Phi) is 34.9. The van der Waals surface area contributed by atoms with E-state index in [0.717, 1.165) is 88.0 Å². The summed E-state index contributed by atoms with van der Waals surface area (Å²) in [4.78, 5) is 103. The smallest absolute Gasteiger partial charge is 0.407 e. The molecule has 7 fully saturated rings. The molecule has 11 aliphatic rings. The van der Waals surface area contributed by atoms with Gasteiger partial charge in [0.05, 0.1) is 123 Å². The number of ether oxygens (including phenoxy) is 8. The number of carbonyl (C=O) groups is 2. The van der Waals surface area contributed by atoms with Crippen molar-refractivity contribution in [1.29, 1.82) is 0 Å². The summed E-state index contributed by atoms with van der Waals surface area (Å²) in [6.45, 7) is 9.82. The van der Waals surface area contributed by atoms with Gasteiger partial charge in [0.25, 0.3) is 22.2 Å². The average molecular weight is 1870 g/mol. The Morgan fingerprint density at radius 3 is 1.47 bits per heavy atom. The first-order valence-electron chi connectivity index (χ1n) is 44.6. The first-order valence-corrected chi connectivity index (χ1v) is 44.6. The monoisotopic (exact) mass is 1860 g/mol. The van der Waals surface area contributed by atoms with Crippen molar-refractivity contribution >= 4 is 34.2 Å². The summed E-state index contributed by atoms with van der Waals surface area (Å²) in [6, 6.07) is 13.2. The van der Waals surface area contributed by atoms with E-state index in [-0.39, 0.29) is 132 Å². The number of rotatable bonds is 21. The fourth-order valence-corrected chi connectivity index (χ4v) is 19.5. The molecule has 5 aromatic heterocycles. The second kappa shape index (κ2) is 45.5. The number of fused-ring (bicyclic) bond motifs is 4. The van der Waals surface area contributed by atoms with Gasteiger partial charge in [-0.2, -0.15) is 0 Å². The number of hydrogen-bond acceptors (Lipinski definition) is 30. The van der Waals surface area contributed by atoms with Gasteiger partial charge in [-0.3, -0.25) is 24.0 Å². The first kappa shape index (κ1) is 102. The molecule has 35 nitrogen and oxygen atoms in total. The Balaban J connectivity index is 0.000000144. The van der Waals surface area contributed by atoms with Crippen LogP contribution in [0.1, 0.15) is 135 Å². The highest BCUT2D eigenvalue weighted by Gasteiger charge is 2.58. The fraction of sp³-hybridized carbons (Fsp3) is 0.564. The minimum Gasteiger partial charge on any atom is -0.496 e. The van der Waals surface area contributed by atoms with Crippen molar-refractivity contribution in [2.24, 2.45) is 59.2 Å². The van der Waals surface area contributed by atoms with Gasteiger partial charge in [-0.1, -0.05) is 81.8 Å². The molecule has 1 amide bonds. The van der Waals surface area contributed by atoms with E-state index in [0.29, 0.717) is 103 Å². The van der Waals surface area contributed by atoms with Crippen molar-refractivity contribution < 1.29 is 121 Å². The number of Topliss-reactive ketones (excluding diaryl/α,β-unsaturated/α-hetero) is 1. The van der Waals surface area contributed by atoms with Gasteiger partial charge in [-0.25, -0.2) is 47.3 Å². The van der Waals surface area contributed by atoms with Gasteiger partial charge in [0.15, 0.2) is 24.5 Å². The number of aliphatic hydroxyl groups excluding tert-OH is 10. The summed E-state index contributed by atoms with van der Waals surface area (Å²) in [5.74, 6) is -4.96. The number of carbonyl (C=O) groups excluding carboxylic acids is 2. The van der Waals surface area contributed by atoms with Crippen LogP contribution in [0.3, 0.4) is 0 Å². The van der Waals surface area contributed by atoms with E-state index in [9.17, 15) is 87.2 Å². The number of aromatic nitrogens is 9. The van der Waals surface area contributed by atoms with Crippen molar-refractivity contribution in [2.75, 3.05) is 68.1 Å². The lowest BCUT2D eigenvalue weighted by molar-refractivity contribution is -0.149. The number of aromatic amines is 4. The summed E-state index contributed by atoms with van der Waals surface area (Å²) >= 11 is 0. The summed E-state index contributed by atoms with van der Waals surface area (Å²) in [5, 5.41) is 99.6. The molecule has 6 unspecified atom stereocenters. The molecule has 8 aliphatic carbocycles. The molecular weight excluding hydrogens is 1750 g/mol. The maximum atomic E-state index is 12.9. The Labute approximate surface area is 763 Å². The van der Waals surface area contributed by atoms with Gasteiger partial charge in [0.1, 0.15) is 42.1 Å². The van der Waals surface area contributed by atoms with Crippen molar-refractivity contribution in [3.05, 3.63) is 208 Å². The van der Waals surface area contributed by atoms with Crippen LogP contribution in [0.5, 0.6) is 5.75 Å². The number of oxazole rings is 1. The number of benzene rings is 2. The third-order valence-corrected chi connectivity index (χ3v) is 27.3. The molecule has 3 saturated heterocycles. The van der Waals surface area contributed by atoms with Crippen molar-refractivity contribution in [2.45, 2.75) is 210 Å². The van der Waals surface area contributed by atoms with Crippen LogP contribution in [-0.2, 0) is 83.0 Å². The van der Waals surface area contributed by atoms with E-state index < -0.39 is 85.3 Å². The second-order valence-electron chi connectivity index (χ2n) is 35.2. The lowest BCUT2D eigenvalue weighted by Crippen LogP contribution is -2.39. The van der Waals surface area contributed by atoms with Crippen LogP contribution in [-0.4, -0.2) is 267 Å². The van der Waals surface area contributed by atoms with Crippen molar-refractivity contribution in [1.82, 2.24) is 50.2 Å². The van der Waals surface area contributed by atoms with Crippen LogP contribution < -0.4 is 32.3 Å². The van der Waals surface area contributed by atoms with Crippen LogP contribution in [0.4, 0.5) is 22.4 Å². The molecule has 724 valence electrons. The van der Waals surface area contributed by atoms with E-state index >= 15 is 0 Å². The fourth-order valence-electron chi connectivity index (χ4n) is 19.5. The molecular formula is C94H120F4N10O25. The molecule has 15 N–H and O–H groups in total. The topological polar surface area (TPSA) is 531 Å². The Morgan fingerprint density at radius 1 is 0.549 bits per heavy atom. The Hall–Kier alpha value is -10.0. The van der Waals surface area contributed by atoms with E-state index in [1.807, 2.05) is 87.5 Å². The SMILES string of the molecule is CC[C@H]1C[C@@H](C2=CCc3c2nc[nH]c3=O)[C@H](O)[C@@H]1O.COC1OC(C)C(F)(F)C1O.COCC1OC(C)C(F)(F)C1O.CO[C@@H]1[C@H](O)[C@@H](CO)C[C@H]1C1=CCc2c1nc[nH]c2=O.COc1cc(CC(=O)Cc2cccc(CNC(=O)O[C@H]3CCOC3)c2)ccc1-c1cnco1.C[C@@H]1[C@@H](CO)C[C@@H](C2=CCc3c2nc[nH]c3=O)[C@@H]1O.C[C@@H]1[C@H](O)[C@@H](CO)C[C@H]1C1=CCc2c1nc[nH]c2=O. The molecule has 7 aromatic rings. The molecule has 3 aliphatic heterocycles. The Bertz CT molecular complexity index is 5240. The Morgan fingerprint density at radius 2 is 1.04 bits per heavy atom. The number of nitrogens with zero attached hydrogens (tertiary/aromatic N) is 5. The maximum Gasteiger partial charge on any atom is 0.407 e. The van der Waals surface area contributed by atoms with E-state index in [1.165, 1.54) is 59.8 Å². The summed E-state index contributed by atoms with van der Waals surface area (Å²) in [6.07, 6.45) is 11.6. The number of allylic oxidation sites excluding steroid dienone is 5. The lowest BCUT2D eigenvalue weighted by Gasteiger charge is -2.22. The minimum absolute atomic E-state index is 0.00491. The molecule has 0 spiro atoms. The largest absolute Gasteiger partial charge is 0.496 e. The molecule has 4 saturated carbocycles. The van der Waals surface area contributed by atoms with Crippen LogP contribution >= 0.6 is 0 Å². The van der Waals surface area contributed by atoms with E-state index in [2.05, 4.69) is 64.4 Å². The number of hydrogen-bond donors (Lipinski definition) is 15. The quantitative estimate of drug-likeness (QED) is 0.0402. The van der Waals surface area contributed by atoms with Crippen molar-refractivity contribution in [3.63, 3.8) is 0 Å². The highest BCUT2D eigenvalue weighted by Crippen LogP contribution is 2.50. The van der Waals surface area contributed by atoms with Gasteiger partial charge in [0.2, 0.25) is 0 Å². The molecule has 0 radical (unpaired) electrons. The molecule has 133 heavy (non-hydrogen) atoms. The van der Waals surface area contributed by atoms with Gasteiger partial charge < -0.3 is 119 Å². The molecule has 8 heterocycles. The summed E-state index contributed by atoms with van der Waals surface area (Å²) < 4.78 is 96.4. The third-order valence-electron chi connectivity index (χ3n) is 27.3. The lowest BCUT2D eigenvalue weighted by atomic mass is 9.88. The number of methoxy groups -OCH3 is 4. The van der Waals surface area contributed by atoms with Gasteiger partial charge in [-0.15, -0.1) is 0 Å². The van der Waals surface area contributed by atoms with Crippen LogP contribution in [0.25, 0.3) is 33.6 Å². The van der Waals surface area contributed by atoms with Gasteiger partial charge in [-0.05, 0) is 146 Å². The van der Waals surface area contributed by atoms with Crippen molar-refractivity contribution in [3.8, 4) is 17.1 Å². The number of nitrogens with one attached hydrogen (secondary N) is 5. The standard InChI is InChI=1S/C25H26N2O6.C14H18N2O4.3C14H18N2O3.C7H12F2O3.C6H10F2O3/c1-30-23-12-18(5-6-22(23)24-14-26-16-32-24)11-20(28)10-17-3-2-4-19(9-17)13-27-25(29)33-21-7-8-31-15-21;1-20-13-10(4-7(5-17)12(13)18)8-2-3-9-11(8)15-6-16-14(9)19;1-7-11(4-8(5-17)13(7)18)9-2-3-10-12(9)15-6-16-14(10)19;1-7-8(5-17)4-11(13(7)18)9-2-3-10-12(9)15-6-16-14(10)19;1-2-7-5-10(13(18)12(7)17)8-3-4-9-11(8)15-6-16-14(9)19;1-4-7(8,9)6(10)5(12-4)3-11-2;1-3-6(7,8)4(9)5(10-2)11-3/h2-6,9,12,14,16,21H,7-8,10-11,13,15H2,1H3,(H,27,29);2,6-7,10,12-13,17-18H,3-5H2,1H3,(H,15,16,19);2*2,6-8,11,13,17-18H,3-5H2,1H3,(H,15,16,19);3,6-7,10,12-13,17-18H,2,4-5H2,1H3,(H,15,16,19);4-6,10H,3H2,1-2H3;3-5,9H,1-2H3/t21-;7-,10+,12-,13+;7-,8+,11+,13-;7-,8-,11+,13-;7-,10-,12+,13-;;/m01010../s1. The zero-order chi connectivity index (χ0) is 96.0.